The first-order valence-electron chi connectivity index (χ1n) is 7.19. The van der Waals surface area contributed by atoms with E-state index in [-0.39, 0.29) is 17.0 Å². The first-order valence-corrected chi connectivity index (χ1v) is 8.17. The van der Waals surface area contributed by atoms with Gasteiger partial charge in [0.05, 0.1) is 17.7 Å². The molecule has 1 aromatic carbocycles. The number of benzene rings is 1. The predicted octanol–water partition coefficient (Wildman–Crippen LogP) is 0.596. The Kier molecular flexibility index (Phi) is 5.93. The highest BCUT2D eigenvalue weighted by molar-refractivity contribution is 7.99. The topological polar surface area (TPSA) is 21.1 Å². The number of thioether (sulfide) groups is 1. The monoisotopic (exact) mass is 354 g/mol. The molecule has 3 rings (SSSR count). The Morgan fingerprint density at radius 3 is 2.65 bits per heavy atom. The highest BCUT2D eigenvalue weighted by Crippen LogP contribution is 2.24. The zero-order valence-corrected chi connectivity index (χ0v) is 14.3. The predicted molar refractivity (Wildman–Crippen MR) is 81.6 cm³/mol. The Balaban J connectivity index is 0.00000147. The van der Waals surface area contributed by atoms with Crippen LogP contribution in [0.25, 0.3) is 11.0 Å². The van der Waals surface area contributed by atoms with E-state index >= 15 is 0 Å². The molecule has 0 amide bonds. The lowest BCUT2D eigenvalue weighted by atomic mass is 10.1. The highest BCUT2D eigenvalue weighted by Gasteiger charge is 2.15. The van der Waals surface area contributed by atoms with Gasteiger partial charge < -0.3 is 21.5 Å². The standard InChI is InChI=1S/C15H21N3S.BrH/c1-2-19-15-16-13-8-4-5-9-14(13)18(15)12-17-10-6-3-7-11-17;/h4-5,8-9H,2-3,6-7,10-12H2,1H3;1H/p-1. The number of aromatic nitrogens is 2. The minimum atomic E-state index is 0. The van der Waals surface area contributed by atoms with Crippen LogP contribution >= 0.6 is 11.8 Å². The SMILES string of the molecule is CCSc1nc2ccccc2n1CN1CCCCC1.[Br-]. The molecule has 0 saturated carbocycles. The number of para-hydroxylation sites is 2. The average Bonchev–Trinajstić information content (AvgIpc) is 2.79. The van der Waals surface area contributed by atoms with E-state index < -0.39 is 0 Å². The third kappa shape index (κ3) is 3.38. The lowest BCUT2D eigenvalue weighted by molar-refractivity contribution is -0.00000394. The molecule has 1 aromatic heterocycles. The van der Waals surface area contributed by atoms with Crippen LogP contribution in [-0.2, 0) is 6.67 Å². The summed E-state index contributed by atoms with van der Waals surface area (Å²) in [5.41, 5.74) is 2.39. The Hall–Kier alpha value is -0.520. The number of likely N-dealkylation sites (tertiary alicyclic amines) is 1. The van der Waals surface area contributed by atoms with Crippen molar-refractivity contribution in [2.45, 2.75) is 38.0 Å². The van der Waals surface area contributed by atoms with Gasteiger partial charge in [0, 0.05) is 0 Å². The maximum atomic E-state index is 4.77. The molecule has 0 aliphatic carbocycles. The van der Waals surface area contributed by atoms with Crippen molar-refractivity contribution in [3.8, 4) is 0 Å². The lowest BCUT2D eigenvalue weighted by Gasteiger charge is -2.27. The van der Waals surface area contributed by atoms with Crippen LogP contribution in [0.15, 0.2) is 29.4 Å². The van der Waals surface area contributed by atoms with Gasteiger partial charge >= 0.3 is 0 Å². The second-order valence-corrected chi connectivity index (χ2v) is 6.30. The van der Waals surface area contributed by atoms with Crippen LogP contribution < -0.4 is 17.0 Å². The van der Waals surface area contributed by atoms with Gasteiger partial charge in [-0.05, 0) is 43.8 Å². The molecule has 20 heavy (non-hydrogen) atoms. The summed E-state index contributed by atoms with van der Waals surface area (Å²) in [6.45, 7) is 5.63. The lowest BCUT2D eigenvalue weighted by Crippen LogP contribution is -3.00. The van der Waals surface area contributed by atoms with Gasteiger partial charge in [-0.1, -0.05) is 37.2 Å². The van der Waals surface area contributed by atoms with Crippen molar-refractivity contribution in [1.82, 2.24) is 14.5 Å². The second-order valence-electron chi connectivity index (χ2n) is 5.06. The molecule has 1 saturated heterocycles. The maximum Gasteiger partial charge on any atom is 0.170 e. The molecule has 2 heterocycles. The molecule has 110 valence electrons. The van der Waals surface area contributed by atoms with Crippen LogP contribution in [0.4, 0.5) is 0 Å². The fourth-order valence-corrected chi connectivity index (χ4v) is 3.46. The number of fused-ring (bicyclic) bond motifs is 1. The fourth-order valence-electron chi connectivity index (χ4n) is 2.73. The van der Waals surface area contributed by atoms with E-state index in [9.17, 15) is 0 Å². The van der Waals surface area contributed by atoms with Gasteiger partial charge in [-0.3, -0.25) is 4.90 Å². The quantitative estimate of drug-likeness (QED) is 0.750. The van der Waals surface area contributed by atoms with Crippen LogP contribution in [0, 0.1) is 0 Å². The van der Waals surface area contributed by atoms with Gasteiger partial charge in [0.15, 0.2) is 5.16 Å². The Labute approximate surface area is 135 Å². The molecular formula is C15H21BrN3S-. The molecule has 0 spiro atoms. The molecule has 0 N–H and O–H groups in total. The van der Waals surface area contributed by atoms with Crippen molar-refractivity contribution in [3.05, 3.63) is 24.3 Å². The molecule has 1 aliphatic rings. The van der Waals surface area contributed by atoms with Crippen LogP contribution in [0.1, 0.15) is 26.2 Å². The number of rotatable bonds is 4. The van der Waals surface area contributed by atoms with Crippen molar-refractivity contribution < 1.29 is 17.0 Å². The molecule has 1 fully saturated rings. The van der Waals surface area contributed by atoms with Gasteiger partial charge in [0.2, 0.25) is 0 Å². The third-order valence-electron chi connectivity index (χ3n) is 3.68. The van der Waals surface area contributed by atoms with Crippen molar-refractivity contribution in [1.29, 1.82) is 0 Å². The maximum absolute atomic E-state index is 4.77. The van der Waals surface area contributed by atoms with Gasteiger partial charge in [-0.2, -0.15) is 0 Å². The largest absolute Gasteiger partial charge is 1.00 e. The third-order valence-corrected chi connectivity index (χ3v) is 4.54. The van der Waals surface area contributed by atoms with E-state index in [1.54, 1.807) is 0 Å². The minimum absolute atomic E-state index is 0. The first-order chi connectivity index (χ1) is 9.38. The van der Waals surface area contributed by atoms with Gasteiger partial charge in [0.1, 0.15) is 0 Å². The first kappa shape index (κ1) is 15.9. The highest BCUT2D eigenvalue weighted by atomic mass is 79.9. The molecular weight excluding hydrogens is 334 g/mol. The number of nitrogens with zero attached hydrogens (tertiary/aromatic N) is 3. The Bertz CT molecular complexity index is 549. The molecule has 0 unspecified atom stereocenters. The summed E-state index contributed by atoms with van der Waals surface area (Å²) < 4.78 is 2.38. The smallest absolute Gasteiger partial charge is 0.170 e. The Morgan fingerprint density at radius 1 is 1.15 bits per heavy atom. The van der Waals surface area contributed by atoms with E-state index in [4.69, 9.17) is 4.98 Å². The average molecular weight is 355 g/mol. The van der Waals surface area contributed by atoms with E-state index in [0.29, 0.717) is 0 Å². The van der Waals surface area contributed by atoms with Crippen LogP contribution in [-0.4, -0.2) is 33.3 Å². The number of hydrogen-bond donors (Lipinski definition) is 0. The molecule has 0 atom stereocenters. The minimum Gasteiger partial charge on any atom is -1.00 e. The summed E-state index contributed by atoms with van der Waals surface area (Å²) in [4.78, 5) is 7.32. The van der Waals surface area contributed by atoms with Gasteiger partial charge in [0.25, 0.3) is 0 Å². The van der Waals surface area contributed by atoms with Crippen molar-refractivity contribution in [2.24, 2.45) is 0 Å². The summed E-state index contributed by atoms with van der Waals surface area (Å²) in [6, 6.07) is 8.48. The van der Waals surface area contributed by atoms with Gasteiger partial charge in [-0.25, -0.2) is 4.98 Å². The van der Waals surface area contributed by atoms with Crippen LogP contribution in [0.3, 0.4) is 0 Å². The molecule has 0 radical (unpaired) electrons. The van der Waals surface area contributed by atoms with E-state index in [1.165, 1.54) is 37.9 Å². The van der Waals surface area contributed by atoms with E-state index in [1.807, 2.05) is 11.8 Å². The van der Waals surface area contributed by atoms with E-state index in [0.717, 1.165) is 23.1 Å². The molecule has 0 bridgehead atoms. The van der Waals surface area contributed by atoms with Crippen molar-refractivity contribution in [3.63, 3.8) is 0 Å². The normalized spacial score (nSPS) is 16.2. The number of hydrogen-bond acceptors (Lipinski definition) is 3. The summed E-state index contributed by atoms with van der Waals surface area (Å²) in [5.74, 6) is 1.07. The number of imidazole rings is 1. The number of piperidine rings is 1. The zero-order chi connectivity index (χ0) is 13.1. The van der Waals surface area contributed by atoms with Crippen LogP contribution in [0.5, 0.6) is 0 Å². The summed E-state index contributed by atoms with van der Waals surface area (Å²) in [7, 11) is 0. The zero-order valence-electron chi connectivity index (χ0n) is 11.9. The second kappa shape index (κ2) is 7.48. The van der Waals surface area contributed by atoms with Crippen molar-refractivity contribution in [2.75, 3.05) is 18.8 Å². The molecule has 5 heteroatoms. The van der Waals surface area contributed by atoms with E-state index in [2.05, 4.69) is 40.7 Å². The summed E-state index contributed by atoms with van der Waals surface area (Å²) in [5, 5.41) is 1.16. The fraction of sp³-hybridized carbons (Fsp3) is 0.533. The molecule has 1 aliphatic heterocycles. The summed E-state index contributed by atoms with van der Waals surface area (Å²) in [6.07, 6.45) is 4.06. The van der Waals surface area contributed by atoms with Crippen LogP contribution in [0.2, 0.25) is 0 Å². The summed E-state index contributed by atoms with van der Waals surface area (Å²) >= 11 is 1.84. The molecule has 2 aromatic rings. The van der Waals surface area contributed by atoms with Gasteiger partial charge in [-0.15, -0.1) is 0 Å². The molecule has 3 nitrogen and oxygen atoms in total. The Morgan fingerprint density at radius 2 is 1.90 bits per heavy atom. The number of halogens is 1. The van der Waals surface area contributed by atoms with Crippen molar-refractivity contribution >= 4 is 22.8 Å².